The number of imidazole rings is 1. The number of pyridine rings is 1. The normalized spacial score (nSPS) is 10.8. The molecule has 124 valence electrons. The van der Waals surface area contributed by atoms with Gasteiger partial charge in [-0.1, -0.05) is 0 Å². The van der Waals surface area contributed by atoms with Gasteiger partial charge in [-0.05, 0) is 50.2 Å². The Morgan fingerprint density at radius 1 is 1.04 bits per heavy atom. The molecule has 24 heavy (non-hydrogen) atoms. The minimum absolute atomic E-state index is 0.148. The molecule has 0 bridgehead atoms. The van der Waals surface area contributed by atoms with Gasteiger partial charge in [0.1, 0.15) is 11.6 Å². The molecule has 0 spiro atoms. The zero-order valence-electron chi connectivity index (χ0n) is 13.7. The van der Waals surface area contributed by atoms with E-state index in [0.717, 1.165) is 22.7 Å². The lowest BCUT2D eigenvalue weighted by atomic mass is 10.2. The Morgan fingerprint density at radius 2 is 1.83 bits per heavy atom. The summed E-state index contributed by atoms with van der Waals surface area (Å²) < 4.78 is 10.4. The Hall–Kier alpha value is -2.89. The van der Waals surface area contributed by atoms with Gasteiger partial charge in [-0.15, -0.1) is 0 Å². The van der Waals surface area contributed by atoms with Crippen LogP contribution in [0.1, 0.15) is 19.5 Å². The molecule has 0 aliphatic rings. The van der Waals surface area contributed by atoms with E-state index in [4.69, 9.17) is 9.47 Å². The van der Waals surface area contributed by atoms with Gasteiger partial charge >= 0.3 is 5.97 Å². The number of aromatic nitrogens is 3. The molecule has 0 amide bonds. The SMILES string of the molecule is CCOC(=O)Cc1ccc2[nH]c(-c3ccc(OCC)cc3)nc2n1. The predicted octanol–water partition coefficient (Wildman–Crippen LogP) is 3.13. The van der Waals surface area contributed by atoms with Crippen LogP contribution in [0.15, 0.2) is 36.4 Å². The first kappa shape index (κ1) is 16.0. The Balaban J connectivity index is 1.84. The van der Waals surface area contributed by atoms with Gasteiger partial charge < -0.3 is 14.5 Å². The highest BCUT2D eigenvalue weighted by Crippen LogP contribution is 2.22. The van der Waals surface area contributed by atoms with Crippen molar-refractivity contribution < 1.29 is 14.3 Å². The van der Waals surface area contributed by atoms with Gasteiger partial charge in [-0.2, -0.15) is 0 Å². The average Bonchev–Trinajstić information content (AvgIpc) is 2.99. The van der Waals surface area contributed by atoms with Gasteiger partial charge in [0.2, 0.25) is 0 Å². The minimum atomic E-state index is -0.286. The molecule has 0 radical (unpaired) electrons. The number of esters is 1. The van der Waals surface area contributed by atoms with E-state index in [1.54, 1.807) is 13.0 Å². The fourth-order valence-corrected chi connectivity index (χ4v) is 2.40. The van der Waals surface area contributed by atoms with Crippen LogP contribution >= 0.6 is 0 Å². The number of nitrogens with one attached hydrogen (secondary N) is 1. The third kappa shape index (κ3) is 3.53. The van der Waals surface area contributed by atoms with Crippen LogP contribution in [0.25, 0.3) is 22.6 Å². The fourth-order valence-electron chi connectivity index (χ4n) is 2.40. The van der Waals surface area contributed by atoms with Crippen molar-refractivity contribution in [1.82, 2.24) is 15.0 Å². The lowest BCUT2D eigenvalue weighted by Crippen LogP contribution is -2.08. The molecule has 6 heteroatoms. The topological polar surface area (TPSA) is 77.1 Å². The number of carbonyl (C=O) groups is 1. The van der Waals surface area contributed by atoms with Crippen LogP contribution in [0.4, 0.5) is 0 Å². The number of rotatable bonds is 6. The molecule has 0 aliphatic heterocycles. The largest absolute Gasteiger partial charge is 0.494 e. The number of fused-ring (bicyclic) bond motifs is 1. The summed E-state index contributed by atoms with van der Waals surface area (Å²) in [5.74, 6) is 1.27. The molecule has 0 fully saturated rings. The zero-order valence-corrected chi connectivity index (χ0v) is 13.7. The molecule has 3 aromatic rings. The van der Waals surface area contributed by atoms with Gasteiger partial charge in [0.15, 0.2) is 5.65 Å². The third-order valence-corrected chi connectivity index (χ3v) is 3.47. The van der Waals surface area contributed by atoms with Crippen molar-refractivity contribution in [1.29, 1.82) is 0 Å². The van der Waals surface area contributed by atoms with E-state index < -0.39 is 0 Å². The highest BCUT2D eigenvalue weighted by molar-refractivity contribution is 5.77. The molecule has 0 unspecified atom stereocenters. The van der Waals surface area contributed by atoms with Gasteiger partial charge in [0.25, 0.3) is 0 Å². The van der Waals surface area contributed by atoms with E-state index in [1.165, 1.54) is 0 Å². The Labute approximate surface area is 139 Å². The fraction of sp³-hybridized carbons (Fsp3) is 0.278. The number of nitrogens with zero attached hydrogens (tertiary/aromatic N) is 2. The van der Waals surface area contributed by atoms with E-state index in [9.17, 15) is 4.79 Å². The van der Waals surface area contributed by atoms with E-state index in [-0.39, 0.29) is 12.4 Å². The maximum atomic E-state index is 11.6. The number of H-pyrrole nitrogens is 1. The number of aromatic amines is 1. The molecule has 2 heterocycles. The van der Waals surface area contributed by atoms with Crippen LogP contribution < -0.4 is 4.74 Å². The van der Waals surface area contributed by atoms with Crippen molar-refractivity contribution >= 4 is 17.1 Å². The molecular weight excluding hydrogens is 306 g/mol. The summed E-state index contributed by atoms with van der Waals surface area (Å²) >= 11 is 0. The zero-order chi connectivity index (χ0) is 16.9. The summed E-state index contributed by atoms with van der Waals surface area (Å²) in [5, 5.41) is 0. The summed E-state index contributed by atoms with van der Waals surface area (Å²) in [7, 11) is 0. The number of hydrogen-bond donors (Lipinski definition) is 1. The second-order valence-corrected chi connectivity index (χ2v) is 5.20. The highest BCUT2D eigenvalue weighted by Gasteiger charge is 2.10. The number of ether oxygens (including phenoxy) is 2. The first-order chi connectivity index (χ1) is 11.7. The van der Waals surface area contributed by atoms with E-state index in [0.29, 0.717) is 24.6 Å². The quantitative estimate of drug-likeness (QED) is 0.705. The maximum Gasteiger partial charge on any atom is 0.311 e. The summed E-state index contributed by atoms with van der Waals surface area (Å²) in [6.07, 6.45) is 0.148. The molecule has 1 aromatic carbocycles. The molecule has 0 saturated heterocycles. The molecule has 0 aliphatic carbocycles. The third-order valence-electron chi connectivity index (χ3n) is 3.47. The van der Waals surface area contributed by atoms with E-state index >= 15 is 0 Å². The van der Waals surface area contributed by atoms with Crippen molar-refractivity contribution in [3.05, 3.63) is 42.1 Å². The lowest BCUT2D eigenvalue weighted by Gasteiger charge is -2.02. The van der Waals surface area contributed by atoms with Crippen molar-refractivity contribution in [2.24, 2.45) is 0 Å². The van der Waals surface area contributed by atoms with Gasteiger partial charge in [0, 0.05) is 5.56 Å². The first-order valence-corrected chi connectivity index (χ1v) is 7.94. The number of carbonyl (C=O) groups excluding carboxylic acids is 1. The molecule has 6 nitrogen and oxygen atoms in total. The number of benzene rings is 1. The molecular formula is C18H19N3O3. The molecule has 0 saturated carbocycles. The first-order valence-electron chi connectivity index (χ1n) is 7.94. The Bertz CT molecular complexity index is 840. The number of hydrogen-bond acceptors (Lipinski definition) is 5. The monoisotopic (exact) mass is 325 g/mol. The van der Waals surface area contributed by atoms with Crippen molar-refractivity contribution in [3.63, 3.8) is 0 Å². The van der Waals surface area contributed by atoms with Crippen LogP contribution in [0, 0.1) is 0 Å². The summed E-state index contributed by atoms with van der Waals surface area (Å²) in [6, 6.07) is 11.4. The smallest absolute Gasteiger partial charge is 0.311 e. The van der Waals surface area contributed by atoms with Crippen LogP contribution in [0.5, 0.6) is 5.75 Å². The van der Waals surface area contributed by atoms with Gasteiger partial charge in [-0.3, -0.25) is 4.79 Å². The summed E-state index contributed by atoms with van der Waals surface area (Å²) in [4.78, 5) is 23.7. The Morgan fingerprint density at radius 3 is 2.54 bits per heavy atom. The standard InChI is InChI=1S/C18H19N3O3/c1-3-23-14-8-5-12(6-9-14)17-20-15-10-7-13(19-18(15)21-17)11-16(22)24-4-2/h5-10H,3-4,11H2,1-2H3,(H,19,20,21). The van der Waals surface area contributed by atoms with Crippen LogP contribution in [0.3, 0.4) is 0 Å². The molecule has 0 atom stereocenters. The van der Waals surface area contributed by atoms with Crippen LogP contribution in [0.2, 0.25) is 0 Å². The van der Waals surface area contributed by atoms with E-state index in [1.807, 2.05) is 37.3 Å². The lowest BCUT2D eigenvalue weighted by molar-refractivity contribution is -0.142. The Kier molecular flexibility index (Phi) is 4.74. The summed E-state index contributed by atoms with van der Waals surface area (Å²) in [5.41, 5.74) is 3.00. The van der Waals surface area contributed by atoms with Crippen LogP contribution in [-0.2, 0) is 16.0 Å². The van der Waals surface area contributed by atoms with E-state index in [2.05, 4.69) is 15.0 Å². The van der Waals surface area contributed by atoms with Gasteiger partial charge in [-0.25, -0.2) is 9.97 Å². The van der Waals surface area contributed by atoms with Crippen molar-refractivity contribution in [2.45, 2.75) is 20.3 Å². The molecule has 2 aromatic heterocycles. The highest BCUT2D eigenvalue weighted by atomic mass is 16.5. The van der Waals surface area contributed by atoms with Crippen molar-refractivity contribution in [3.8, 4) is 17.1 Å². The predicted molar refractivity (Wildman–Crippen MR) is 90.8 cm³/mol. The van der Waals surface area contributed by atoms with Gasteiger partial charge in [0.05, 0.1) is 30.8 Å². The molecule has 3 rings (SSSR count). The second-order valence-electron chi connectivity index (χ2n) is 5.20. The van der Waals surface area contributed by atoms with Crippen molar-refractivity contribution in [2.75, 3.05) is 13.2 Å². The average molecular weight is 325 g/mol. The minimum Gasteiger partial charge on any atom is -0.494 e. The maximum absolute atomic E-state index is 11.6. The molecule has 1 N–H and O–H groups in total. The second kappa shape index (κ2) is 7.12. The van der Waals surface area contributed by atoms with Crippen LogP contribution in [-0.4, -0.2) is 34.1 Å². The summed E-state index contributed by atoms with van der Waals surface area (Å²) in [6.45, 7) is 4.74.